The van der Waals surface area contributed by atoms with Crippen LogP contribution in [-0.4, -0.2) is 59.4 Å². The third-order valence-corrected chi connectivity index (χ3v) is 3.93. The van der Waals surface area contributed by atoms with Crippen LogP contribution in [0.5, 0.6) is 0 Å². The van der Waals surface area contributed by atoms with Gasteiger partial charge >= 0.3 is 17.9 Å². The number of rotatable bonds is 5. The van der Waals surface area contributed by atoms with Crippen molar-refractivity contribution in [3.05, 3.63) is 0 Å². The Balaban J connectivity index is 3.08. The number of hydrogen-bond acceptors (Lipinski definition) is 10. The van der Waals surface area contributed by atoms with E-state index in [4.69, 9.17) is 24.7 Å². The molecule has 0 aromatic rings. The van der Waals surface area contributed by atoms with E-state index in [9.17, 15) is 19.2 Å². The molecule has 1 aliphatic heterocycles. The molecule has 0 aliphatic carbocycles. The van der Waals surface area contributed by atoms with Gasteiger partial charge in [-0.15, -0.1) is 0 Å². The number of thioether (sulfide) groups is 1. The third kappa shape index (κ3) is 6.10. The Morgan fingerprint density at radius 2 is 1.42 bits per heavy atom. The highest BCUT2D eigenvalue weighted by Gasteiger charge is 2.49. The Hall–Kier alpha value is -1.65. The van der Waals surface area contributed by atoms with Crippen molar-refractivity contribution in [2.75, 3.05) is 5.75 Å². The van der Waals surface area contributed by atoms with E-state index < -0.39 is 48.6 Å². The van der Waals surface area contributed by atoms with Crippen LogP contribution in [-0.2, 0) is 38.1 Å². The van der Waals surface area contributed by atoms with Crippen molar-refractivity contribution < 1.29 is 38.1 Å². The summed E-state index contributed by atoms with van der Waals surface area (Å²) in [7, 11) is 0. The number of carbonyl (C=O) groups excluding carboxylic acids is 4. The first-order valence-corrected chi connectivity index (χ1v) is 8.16. The summed E-state index contributed by atoms with van der Waals surface area (Å²) < 4.78 is 20.9. The van der Waals surface area contributed by atoms with Gasteiger partial charge in [0.15, 0.2) is 17.3 Å². The molecule has 1 saturated heterocycles. The second-order valence-electron chi connectivity index (χ2n) is 5.18. The standard InChI is InChI=1S/C14H21NO8S/c1-6(16)20-12-10(5-24-9(4)19)23-14(22-8(3)18)11(15)13(12)21-7(2)17/h10-14H,5,15H2,1-4H3/t10-,11-,12-,13-,14-/m0/s1. The molecule has 5 atom stereocenters. The predicted octanol–water partition coefficient (Wildman–Crippen LogP) is -0.255. The topological polar surface area (TPSA) is 131 Å². The zero-order chi connectivity index (χ0) is 18.4. The van der Waals surface area contributed by atoms with Crippen molar-refractivity contribution in [2.45, 2.75) is 58.3 Å². The van der Waals surface area contributed by atoms with Gasteiger partial charge in [-0.25, -0.2) is 0 Å². The Morgan fingerprint density at radius 1 is 0.917 bits per heavy atom. The quantitative estimate of drug-likeness (QED) is 0.515. The SMILES string of the molecule is CC(=O)O[C@H]1O[C@@H](CSC(C)=O)[C@H](OC(C)=O)[C@@H](OC(C)=O)[C@@H]1N. The molecule has 1 heterocycles. The summed E-state index contributed by atoms with van der Waals surface area (Å²) in [6, 6.07) is -1.05. The minimum atomic E-state index is -1.20. The smallest absolute Gasteiger partial charge is 0.304 e. The summed E-state index contributed by atoms with van der Waals surface area (Å²) in [4.78, 5) is 45.1. The van der Waals surface area contributed by atoms with E-state index in [1.165, 1.54) is 27.7 Å². The zero-order valence-electron chi connectivity index (χ0n) is 13.8. The van der Waals surface area contributed by atoms with Gasteiger partial charge in [0.05, 0.1) is 0 Å². The molecule has 136 valence electrons. The zero-order valence-corrected chi connectivity index (χ0v) is 14.7. The highest BCUT2D eigenvalue weighted by atomic mass is 32.2. The monoisotopic (exact) mass is 363 g/mol. The summed E-state index contributed by atoms with van der Waals surface area (Å²) in [6.45, 7) is 4.90. The van der Waals surface area contributed by atoms with Gasteiger partial charge in [-0.3, -0.25) is 19.2 Å². The van der Waals surface area contributed by atoms with Gasteiger partial charge in [-0.2, -0.15) is 0 Å². The third-order valence-electron chi connectivity index (χ3n) is 3.03. The van der Waals surface area contributed by atoms with E-state index in [0.717, 1.165) is 11.8 Å². The fourth-order valence-corrected chi connectivity index (χ4v) is 2.87. The van der Waals surface area contributed by atoms with Crippen molar-refractivity contribution in [2.24, 2.45) is 5.73 Å². The highest BCUT2D eigenvalue weighted by molar-refractivity contribution is 8.13. The number of ether oxygens (including phenoxy) is 4. The molecular formula is C14H21NO8S. The fraction of sp³-hybridized carbons (Fsp3) is 0.714. The molecule has 0 bridgehead atoms. The van der Waals surface area contributed by atoms with Crippen LogP contribution < -0.4 is 5.73 Å². The van der Waals surface area contributed by atoms with E-state index in [1.807, 2.05) is 0 Å². The van der Waals surface area contributed by atoms with Crippen molar-refractivity contribution >= 4 is 34.8 Å². The maximum absolute atomic E-state index is 11.4. The second kappa shape index (κ2) is 9.00. The van der Waals surface area contributed by atoms with Crippen LogP contribution in [0.1, 0.15) is 27.7 Å². The van der Waals surface area contributed by atoms with Crippen LogP contribution in [0.15, 0.2) is 0 Å². The average molecular weight is 363 g/mol. The average Bonchev–Trinajstić information content (AvgIpc) is 2.42. The fourth-order valence-electron chi connectivity index (χ4n) is 2.20. The largest absolute Gasteiger partial charge is 0.457 e. The molecule has 0 aromatic carbocycles. The van der Waals surface area contributed by atoms with Crippen LogP contribution in [0, 0.1) is 0 Å². The Kier molecular flexibility index (Phi) is 7.64. The lowest BCUT2D eigenvalue weighted by Crippen LogP contribution is -2.64. The molecule has 10 heteroatoms. The van der Waals surface area contributed by atoms with Crippen LogP contribution >= 0.6 is 11.8 Å². The molecule has 1 rings (SSSR count). The Labute approximate surface area is 143 Å². The van der Waals surface area contributed by atoms with Crippen molar-refractivity contribution in [3.63, 3.8) is 0 Å². The van der Waals surface area contributed by atoms with Crippen molar-refractivity contribution in [1.82, 2.24) is 0 Å². The minimum Gasteiger partial charge on any atom is -0.457 e. The molecule has 24 heavy (non-hydrogen) atoms. The van der Waals surface area contributed by atoms with Gasteiger partial charge in [0, 0.05) is 33.4 Å². The van der Waals surface area contributed by atoms with Gasteiger partial charge in [-0.05, 0) is 0 Å². The van der Waals surface area contributed by atoms with Crippen LogP contribution in [0.3, 0.4) is 0 Å². The lowest BCUT2D eigenvalue weighted by molar-refractivity contribution is -0.256. The molecule has 0 amide bonds. The highest BCUT2D eigenvalue weighted by Crippen LogP contribution is 2.28. The second-order valence-corrected chi connectivity index (χ2v) is 6.38. The summed E-state index contributed by atoms with van der Waals surface area (Å²) in [6.07, 6.45) is -4.16. The van der Waals surface area contributed by atoms with E-state index >= 15 is 0 Å². The van der Waals surface area contributed by atoms with Crippen molar-refractivity contribution in [3.8, 4) is 0 Å². The van der Waals surface area contributed by atoms with Crippen molar-refractivity contribution in [1.29, 1.82) is 0 Å². The summed E-state index contributed by atoms with van der Waals surface area (Å²) in [5.41, 5.74) is 5.96. The normalized spacial score (nSPS) is 29.5. The molecule has 0 radical (unpaired) electrons. The molecule has 0 spiro atoms. The predicted molar refractivity (Wildman–Crippen MR) is 82.6 cm³/mol. The van der Waals surface area contributed by atoms with E-state index in [0.29, 0.717) is 0 Å². The molecule has 0 aromatic heterocycles. The number of nitrogens with two attached hydrogens (primary N) is 1. The molecule has 1 fully saturated rings. The minimum absolute atomic E-state index is 0.107. The molecule has 1 aliphatic rings. The Bertz CT molecular complexity index is 495. The molecule has 2 N–H and O–H groups in total. The van der Waals surface area contributed by atoms with Crippen LogP contribution in [0.2, 0.25) is 0 Å². The number of hydrogen-bond donors (Lipinski definition) is 1. The lowest BCUT2D eigenvalue weighted by Gasteiger charge is -2.43. The van der Waals surface area contributed by atoms with Gasteiger partial charge in [0.25, 0.3) is 0 Å². The van der Waals surface area contributed by atoms with Gasteiger partial charge in [0.1, 0.15) is 12.1 Å². The molecule has 0 saturated carbocycles. The molecule has 0 unspecified atom stereocenters. The van der Waals surface area contributed by atoms with Crippen LogP contribution in [0.4, 0.5) is 0 Å². The first-order valence-electron chi connectivity index (χ1n) is 7.18. The van der Waals surface area contributed by atoms with Gasteiger partial charge in [0.2, 0.25) is 6.29 Å². The number of carbonyl (C=O) groups is 4. The van der Waals surface area contributed by atoms with E-state index in [1.54, 1.807) is 0 Å². The first-order chi connectivity index (χ1) is 11.1. The Morgan fingerprint density at radius 3 is 1.88 bits per heavy atom. The lowest BCUT2D eigenvalue weighted by atomic mass is 9.97. The van der Waals surface area contributed by atoms with E-state index in [-0.39, 0.29) is 10.9 Å². The van der Waals surface area contributed by atoms with E-state index in [2.05, 4.69) is 0 Å². The summed E-state index contributed by atoms with van der Waals surface area (Å²) in [5, 5.41) is -0.178. The summed E-state index contributed by atoms with van der Waals surface area (Å²) >= 11 is 0.935. The maximum Gasteiger partial charge on any atom is 0.304 e. The number of esters is 3. The summed E-state index contributed by atoms with van der Waals surface area (Å²) in [5.74, 6) is -1.80. The molecule has 9 nitrogen and oxygen atoms in total. The molecular weight excluding hydrogens is 342 g/mol. The first kappa shape index (κ1) is 20.4. The maximum atomic E-state index is 11.4. The van der Waals surface area contributed by atoms with Gasteiger partial charge in [-0.1, -0.05) is 11.8 Å². The van der Waals surface area contributed by atoms with Gasteiger partial charge < -0.3 is 24.7 Å². The van der Waals surface area contributed by atoms with Crippen LogP contribution in [0.25, 0.3) is 0 Å².